The van der Waals surface area contributed by atoms with Gasteiger partial charge in [-0.05, 0) is 69.9 Å². The summed E-state index contributed by atoms with van der Waals surface area (Å²) in [7, 11) is 0. The lowest BCUT2D eigenvalue weighted by Gasteiger charge is -2.32. The second-order valence-electron chi connectivity index (χ2n) is 7.73. The first kappa shape index (κ1) is 19.6. The zero-order valence-electron chi connectivity index (χ0n) is 17.1. The first-order valence-corrected chi connectivity index (χ1v) is 11.1. The van der Waals surface area contributed by atoms with Crippen molar-refractivity contribution in [2.24, 2.45) is 0 Å². The number of aromatic nitrogens is 1. The van der Waals surface area contributed by atoms with Gasteiger partial charge in [-0.3, -0.25) is 0 Å². The molecule has 0 aliphatic carbocycles. The maximum Gasteiger partial charge on any atom is 0.323 e. The molecular formula is C26H22BrN3O. The Kier molecular flexibility index (Phi) is 5.12. The zero-order valence-corrected chi connectivity index (χ0v) is 18.7. The number of halogens is 1. The monoisotopic (exact) mass is 471 g/mol. The third-order valence-electron chi connectivity index (χ3n) is 5.82. The minimum atomic E-state index is -0.217. The third-order valence-corrected chi connectivity index (χ3v) is 6.51. The van der Waals surface area contributed by atoms with Gasteiger partial charge in [0.2, 0.25) is 0 Å². The lowest BCUT2D eigenvalue weighted by atomic mass is 9.97. The van der Waals surface area contributed by atoms with Crippen LogP contribution in [0.15, 0.2) is 95.6 Å². The van der Waals surface area contributed by atoms with Crippen LogP contribution in [0.3, 0.4) is 0 Å². The van der Waals surface area contributed by atoms with E-state index in [9.17, 15) is 4.79 Å². The number of carbonyl (C=O) groups excluding carboxylic acids is 1. The Morgan fingerprint density at radius 2 is 1.68 bits per heavy atom. The van der Waals surface area contributed by atoms with Gasteiger partial charge < -0.3 is 14.8 Å². The van der Waals surface area contributed by atoms with E-state index in [0.29, 0.717) is 6.54 Å². The minimum Gasteiger partial charge on any atom is -0.318 e. The summed E-state index contributed by atoms with van der Waals surface area (Å²) in [6, 6.07) is 28.1. The molecule has 1 aliphatic heterocycles. The number of rotatable bonds is 2. The van der Waals surface area contributed by atoms with Crippen LogP contribution in [0, 0.1) is 6.92 Å². The van der Waals surface area contributed by atoms with E-state index in [1.807, 2.05) is 59.5 Å². The Morgan fingerprint density at radius 1 is 0.935 bits per heavy atom. The molecule has 1 atom stereocenters. The fourth-order valence-electron chi connectivity index (χ4n) is 4.31. The fourth-order valence-corrected chi connectivity index (χ4v) is 4.69. The molecule has 2 heterocycles. The Balaban J connectivity index is 1.66. The molecule has 31 heavy (non-hydrogen) atoms. The van der Waals surface area contributed by atoms with Crippen LogP contribution >= 0.6 is 15.9 Å². The number of carbonyl (C=O) groups is 1. The van der Waals surface area contributed by atoms with Crippen LogP contribution in [0.5, 0.6) is 0 Å². The first-order valence-electron chi connectivity index (χ1n) is 10.3. The van der Waals surface area contributed by atoms with E-state index in [2.05, 4.69) is 69.3 Å². The van der Waals surface area contributed by atoms with Crippen molar-refractivity contribution < 1.29 is 4.79 Å². The molecular weight excluding hydrogens is 450 g/mol. The Hall–Kier alpha value is -3.31. The standard InChI is InChI=1S/C26H22BrN3O/c1-18-9-2-4-11-20(18)25-24-15-8-16-29(24)23-14-7-3-10-19(23)17-30(25)26(31)28-22-13-6-5-12-21(22)27/h2-16,25H,17H2,1H3,(H,28,31)/t25-/m1/s1. The zero-order chi connectivity index (χ0) is 21.4. The van der Waals surface area contributed by atoms with Crippen LogP contribution < -0.4 is 5.32 Å². The molecule has 1 aromatic heterocycles. The van der Waals surface area contributed by atoms with Crippen LogP contribution in [0.2, 0.25) is 0 Å². The van der Waals surface area contributed by atoms with Gasteiger partial charge in [-0.1, -0.05) is 54.6 Å². The summed E-state index contributed by atoms with van der Waals surface area (Å²) >= 11 is 3.54. The van der Waals surface area contributed by atoms with Crippen molar-refractivity contribution in [3.05, 3.63) is 118 Å². The van der Waals surface area contributed by atoms with Gasteiger partial charge in [-0.2, -0.15) is 0 Å². The smallest absolute Gasteiger partial charge is 0.318 e. The maximum atomic E-state index is 13.7. The molecule has 0 spiro atoms. The number of aryl methyl sites for hydroxylation is 1. The summed E-state index contributed by atoms with van der Waals surface area (Å²) in [6.07, 6.45) is 2.08. The number of urea groups is 1. The highest BCUT2D eigenvalue weighted by atomic mass is 79.9. The molecule has 4 nitrogen and oxygen atoms in total. The molecule has 5 heteroatoms. The molecule has 0 unspecified atom stereocenters. The Morgan fingerprint density at radius 3 is 2.52 bits per heavy atom. The lowest BCUT2D eigenvalue weighted by molar-refractivity contribution is 0.194. The fraction of sp³-hybridized carbons (Fsp3) is 0.115. The van der Waals surface area contributed by atoms with Gasteiger partial charge in [0.05, 0.1) is 17.9 Å². The number of anilines is 1. The van der Waals surface area contributed by atoms with E-state index < -0.39 is 0 Å². The first-order chi connectivity index (χ1) is 15.1. The van der Waals surface area contributed by atoms with Gasteiger partial charge in [0.15, 0.2) is 0 Å². The predicted molar refractivity (Wildman–Crippen MR) is 127 cm³/mol. The van der Waals surface area contributed by atoms with Gasteiger partial charge in [-0.25, -0.2) is 4.79 Å². The third kappa shape index (κ3) is 3.55. The highest BCUT2D eigenvalue weighted by Crippen LogP contribution is 2.38. The van der Waals surface area contributed by atoms with Gasteiger partial charge in [-0.15, -0.1) is 0 Å². The van der Waals surface area contributed by atoms with Crippen molar-refractivity contribution in [2.45, 2.75) is 19.5 Å². The summed E-state index contributed by atoms with van der Waals surface area (Å²) in [5.74, 6) is 0. The number of para-hydroxylation sites is 2. The summed E-state index contributed by atoms with van der Waals surface area (Å²) in [5.41, 5.74) is 6.32. The number of hydrogen-bond donors (Lipinski definition) is 1. The molecule has 2 amide bonds. The average molecular weight is 472 g/mol. The summed E-state index contributed by atoms with van der Waals surface area (Å²) in [4.78, 5) is 15.6. The van der Waals surface area contributed by atoms with Crippen molar-refractivity contribution in [3.8, 4) is 5.69 Å². The number of nitrogens with zero attached hydrogens (tertiary/aromatic N) is 2. The van der Waals surface area contributed by atoms with Crippen molar-refractivity contribution >= 4 is 27.6 Å². The largest absolute Gasteiger partial charge is 0.323 e. The molecule has 5 rings (SSSR count). The second-order valence-corrected chi connectivity index (χ2v) is 8.58. The van der Waals surface area contributed by atoms with E-state index in [4.69, 9.17) is 0 Å². The van der Waals surface area contributed by atoms with Crippen molar-refractivity contribution in [2.75, 3.05) is 5.32 Å². The lowest BCUT2D eigenvalue weighted by Crippen LogP contribution is -2.38. The average Bonchev–Trinajstić information content (AvgIpc) is 3.21. The van der Waals surface area contributed by atoms with Crippen LogP contribution in [0.25, 0.3) is 5.69 Å². The summed E-state index contributed by atoms with van der Waals surface area (Å²) in [6.45, 7) is 2.61. The van der Waals surface area contributed by atoms with Crippen LogP contribution in [-0.2, 0) is 6.54 Å². The number of hydrogen-bond acceptors (Lipinski definition) is 1. The van der Waals surface area contributed by atoms with Crippen LogP contribution in [0.4, 0.5) is 10.5 Å². The molecule has 0 saturated carbocycles. The van der Waals surface area contributed by atoms with E-state index in [-0.39, 0.29) is 12.1 Å². The summed E-state index contributed by atoms with van der Waals surface area (Å²) < 4.78 is 3.06. The molecule has 0 fully saturated rings. The van der Waals surface area contributed by atoms with Crippen molar-refractivity contribution in [3.63, 3.8) is 0 Å². The number of fused-ring (bicyclic) bond motifs is 3. The van der Waals surface area contributed by atoms with Gasteiger partial charge in [0.25, 0.3) is 0 Å². The topological polar surface area (TPSA) is 37.3 Å². The molecule has 154 valence electrons. The van der Waals surface area contributed by atoms with Crippen LogP contribution in [-0.4, -0.2) is 15.5 Å². The van der Waals surface area contributed by atoms with Gasteiger partial charge >= 0.3 is 6.03 Å². The number of nitrogens with one attached hydrogen (secondary N) is 1. The molecule has 3 aromatic carbocycles. The molecule has 1 N–H and O–H groups in total. The Labute approximate surface area is 190 Å². The normalized spacial score (nSPS) is 15.0. The van der Waals surface area contributed by atoms with Crippen molar-refractivity contribution in [1.29, 1.82) is 0 Å². The highest BCUT2D eigenvalue weighted by Gasteiger charge is 2.33. The van der Waals surface area contributed by atoms with Crippen molar-refractivity contribution in [1.82, 2.24) is 9.47 Å². The second kappa shape index (κ2) is 8.08. The van der Waals surface area contributed by atoms with E-state index in [0.717, 1.165) is 38.2 Å². The minimum absolute atomic E-state index is 0.135. The van der Waals surface area contributed by atoms with E-state index in [1.54, 1.807) is 0 Å². The molecule has 0 saturated heterocycles. The summed E-state index contributed by atoms with van der Waals surface area (Å²) in [5, 5.41) is 3.11. The predicted octanol–water partition coefficient (Wildman–Crippen LogP) is 6.69. The molecule has 1 aliphatic rings. The Bertz CT molecular complexity index is 1260. The molecule has 0 bridgehead atoms. The number of benzene rings is 3. The quantitative estimate of drug-likeness (QED) is 0.347. The highest BCUT2D eigenvalue weighted by molar-refractivity contribution is 9.10. The molecule has 4 aromatic rings. The van der Waals surface area contributed by atoms with E-state index in [1.165, 1.54) is 0 Å². The number of amides is 2. The molecule has 0 radical (unpaired) electrons. The van der Waals surface area contributed by atoms with Gasteiger partial charge in [0.1, 0.15) is 6.04 Å². The van der Waals surface area contributed by atoms with E-state index >= 15 is 0 Å². The maximum absolute atomic E-state index is 13.7. The van der Waals surface area contributed by atoms with Crippen LogP contribution in [0.1, 0.15) is 28.4 Å². The van der Waals surface area contributed by atoms with Gasteiger partial charge in [0, 0.05) is 16.4 Å². The SMILES string of the molecule is Cc1ccccc1[C@@H]1c2cccn2-c2ccccc2CN1C(=O)Nc1ccccc1Br.